The summed E-state index contributed by atoms with van der Waals surface area (Å²) in [4.78, 5) is 12.6. The zero-order chi connectivity index (χ0) is 16.0. The Kier molecular flexibility index (Phi) is 6.68. The highest BCUT2D eigenvalue weighted by molar-refractivity contribution is 7.89. The molecule has 128 valence electrons. The van der Waals surface area contributed by atoms with Crippen LogP contribution in [0, 0.1) is 0 Å². The second kappa shape index (κ2) is 8.29. The first-order chi connectivity index (χ1) is 10.5. The number of hydrogen-bond donors (Lipinski definition) is 1. The van der Waals surface area contributed by atoms with Gasteiger partial charge >= 0.3 is 0 Å². The third-order valence-corrected chi connectivity index (χ3v) is 6.85. The zero-order valence-corrected chi connectivity index (χ0v) is 14.5. The van der Waals surface area contributed by atoms with Crippen molar-refractivity contribution in [2.45, 2.75) is 83.2 Å². The van der Waals surface area contributed by atoms with Crippen LogP contribution in [0.15, 0.2) is 0 Å². The third-order valence-electron chi connectivity index (χ3n) is 4.78. The Labute approximate surface area is 134 Å². The zero-order valence-electron chi connectivity index (χ0n) is 13.7. The molecule has 22 heavy (non-hydrogen) atoms. The van der Waals surface area contributed by atoms with Crippen LogP contribution in [0.3, 0.4) is 0 Å². The van der Waals surface area contributed by atoms with E-state index in [1.54, 1.807) is 0 Å². The topological polar surface area (TPSA) is 66.5 Å². The maximum absolute atomic E-state index is 12.6. The largest absolute Gasteiger partial charge is 0.352 e. The van der Waals surface area contributed by atoms with Gasteiger partial charge in [0.15, 0.2) is 0 Å². The Hall–Kier alpha value is -0.620. The number of nitrogens with zero attached hydrogens (tertiary/aromatic N) is 1. The van der Waals surface area contributed by atoms with E-state index in [0.29, 0.717) is 19.4 Å². The molecule has 0 radical (unpaired) electrons. The molecule has 1 aliphatic carbocycles. The maximum atomic E-state index is 12.6. The summed E-state index contributed by atoms with van der Waals surface area (Å²) in [5, 5.41) is 3.13. The molecule has 1 heterocycles. The van der Waals surface area contributed by atoms with Gasteiger partial charge in [-0.2, -0.15) is 4.31 Å². The maximum Gasteiger partial charge on any atom is 0.238 e. The summed E-state index contributed by atoms with van der Waals surface area (Å²) >= 11 is 0. The molecule has 1 saturated heterocycles. The molecule has 0 aromatic heterocycles. The number of carbonyl (C=O) groups is 1. The molecule has 0 spiro atoms. The van der Waals surface area contributed by atoms with Crippen LogP contribution in [-0.4, -0.2) is 43.0 Å². The van der Waals surface area contributed by atoms with Gasteiger partial charge in [0.2, 0.25) is 15.9 Å². The average molecular weight is 330 g/mol. The van der Waals surface area contributed by atoms with Crippen LogP contribution < -0.4 is 5.32 Å². The van der Waals surface area contributed by atoms with E-state index in [9.17, 15) is 13.2 Å². The normalized spacial score (nSPS) is 25.6. The fourth-order valence-electron chi connectivity index (χ4n) is 3.61. The monoisotopic (exact) mass is 330 g/mol. The predicted octanol–water partition coefficient (Wildman–Crippen LogP) is 2.42. The summed E-state index contributed by atoms with van der Waals surface area (Å²) in [6.07, 6.45) is 10.2. The van der Waals surface area contributed by atoms with Gasteiger partial charge < -0.3 is 5.32 Å². The minimum absolute atomic E-state index is 0.0808. The summed E-state index contributed by atoms with van der Waals surface area (Å²) in [6, 6.07) is -0.258. The molecule has 1 unspecified atom stereocenters. The highest BCUT2D eigenvalue weighted by Crippen LogP contribution is 2.23. The molecule has 2 rings (SSSR count). The van der Waals surface area contributed by atoms with Gasteiger partial charge in [0.05, 0.1) is 5.75 Å². The quantitative estimate of drug-likeness (QED) is 0.842. The number of hydrogen-bond acceptors (Lipinski definition) is 3. The second-order valence-electron chi connectivity index (χ2n) is 6.64. The highest BCUT2D eigenvalue weighted by Gasteiger charge is 2.38. The van der Waals surface area contributed by atoms with E-state index in [0.717, 1.165) is 32.1 Å². The van der Waals surface area contributed by atoms with Gasteiger partial charge in [0.25, 0.3) is 0 Å². The molecule has 1 atom stereocenters. The van der Waals surface area contributed by atoms with Crippen molar-refractivity contribution in [1.82, 2.24) is 9.62 Å². The first-order valence-electron chi connectivity index (χ1n) is 8.84. The summed E-state index contributed by atoms with van der Waals surface area (Å²) < 4.78 is 26.0. The van der Waals surface area contributed by atoms with Crippen LogP contribution in [0.1, 0.15) is 71.1 Å². The van der Waals surface area contributed by atoms with Gasteiger partial charge in [-0.05, 0) is 32.1 Å². The van der Waals surface area contributed by atoms with E-state index in [4.69, 9.17) is 0 Å². The van der Waals surface area contributed by atoms with Crippen LogP contribution in [0.4, 0.5) is 0 Å². The molecular formula is C16H30N2O3S. The Bertz CT molecular complexity index is 456. The van der Waals surface area contributed by atoms with Gasteiger partial charge in [0.1, 0.15) is 6.04 Å². The van der Waals surface area contributed by atoms with Gasteiger partial charge in [-0.1, -0.05) is 39.0 Å². The van der Waals surface area contributed by atoms with Gasteiger partial charge in [0, 0.05) is 12.6 Å². The molecule has 0 bridgehead atoms. The summed E-state index contributed by atoms with van der Waals surface area (Å²) in [6.45, 7) is 2.35. The molecule has 2 fully saturated rings. The Morgan fingerprint density at radius 3 is 2.32 bits per heavy atom. The SMILES string of the molecule is CCCS(=O)(=O)N1CCCC1C(=O)NC1CCCCCCC1. The van der Waals surface area contributed by atoms with Crippen LogP contribution in [-0.2, 0) is 14.8 Å². The van der Waals surface area contributed by atoms with E-state index in [2.05, 4.69) is 5.32 Å². The lowest BCUT2D eigenvalue weighted by atomic mass is 9.96. The lowest BCUT2D eigenvalue weighted by Gasteiger charge is -2.27. The number of nitrogens with one attached hydrogen (secondary N) is 1. The first kappa shape index (κ1) is 17.7. The van der Waals surface area contributed by atoms with E-state index in [1.807, 2.05) is 6.92 Å². The molecule has 1 N–H and O–H groups in total. The standard InChI is InChI=1S/C16H30N2O3S/c1-2-13-22(20,21)18-12-8-11-15(18)16(19)17-14-9-6-4-3-5-7-10-14/h14-15H,2-13H2,1H3,(H,17,19). The van der Waals surface area contributed by atoms with E-state index >= 15 is 0 Å². The van der Waals surface area contributed by atoms with Gasteiger partial charge in [-0.15, -0.1) is 0 Å². The number of sulfonamides is 1. The molecule has 6 heteroatoms. The molecule has 0 aromatic carbocycles. The first-order valence-corrected chi connectivity index (χ1v) is 10.5. The van der Waals surface area contributed by atoms with Gasteiger partial charge in [-0.25, -0.2) is 8.42 Å². The van der Waals surface area contributed by atoms with Crippen molar-refractivity contribution in [3.05, 3.63) is 0 Å². The van der Waals surface area contributed by atoms with Crippen LogP contribution in [0.2, 0.25) is 0 Å². The molecule has 1 amide bonds. The average Bonchev–Trinajstić information content (AvgIpc) is 2.91. The lowest BCUT2D eigenvalue weighted by Crippen LogP contribution is -2.49. The molecule has 0 aromatic rings. The predicted molar refractivity (Wildman–Crippen MR) is 88.1 cm³/mol. The third kappa shape index (κ3) is 4.69. The number of amides is 1. The van der Waals surface area contributed by atoms with Crippen molar-refractivity contribution in [3.63, 3.8) is 0 Å². The Morgan fingerprint density at radius 2 is 1.68 bits per heavy atom. The summed E-state index contributed by atoms with van der Waals surface area (Å²) in [7, 11) is -3.29. The molecule has 5 nitrogen and oxygen atoms in total. The van der Waals surface area contributed by atoms with Crippen LogP contribution in [0.25, 0.3) is 0 Å². The minimum atomic E-state index is -3.29. The fraction of sp³-hybridized carbons (Fsp3) is 0.938. The van der Waals surface area contributed by atoms with Crippen molar-refractivity contribution in [3.8, 4) is 0 Å². The minimum Gasteiger partial charge on any atom is -0.352 e. The van der Waals surface area contributed by atoms with E-state index in [1.165, 1.54) is 23.6 Å². The second-order valence-corrected chi connectivity index (χ2v) is 8.68. The molecule has 1 saturated carbocycles. The van der Waals surface area contributed by atoms with E-state index in [-0.39, 0.29) is 17.7 Å². The van der Waals surface area contributed by atoms with E-state index < -0.39 is 16.1 Å². The smallest absolute Gasteiger partial charge is 0.238 e. The van der Waals surface area contributed by atoms with Crippen molar-refractivity contribution in [2.75, 3.05) is 12.3 Å². The van der Waals surface area contributed by atoms with Crippen LogP contribution >= 0.6 is 0 Å². The van der Waals surface area contributed by atoms with Crippen molar-refractivity contribution in [1.29, 1.82) is 0 Å². The molecular weight excluding hydrogens is 300 g/mol. The number of rotatable bonds is 5. The summed E-state index contributed by atoms with van der Waals surface area (Å²) in [5.74, 6) is 0.0583. The number of carbonyl (C=O) groups excluding carboxylic acids is 1. The van der Waals surface area contributed by atoms with Crippen molar-refractivity contribution in [2.24, 2.45) is 0 Å². The van der Waals surface area contributed by atoms with Gasteiger partial charge in [-0.3, -0.25) is 4.79 Å². The van der Waals surface area contributed by atoms with Crippen LogP contribution in [0.5, 0.6) is 0 Å². The Morgan fingerprint density at radius 1 is 1.05 bits per heavy atom. The molecule has 1 aliphatic heterocycles. The Balaban J connectivity index is 1.95. The summed E-state index contributed by atoms with van der Waals surface area (Å²) in [5.41, 5.74) is 0. The molecule has 2 aliphatic rings. The highest BCUT2D eigenvalue weighted by atomic mass is 32.2. The fourth-order valence-corrected chi connectivity index (χ4v) is 5.35. The van der Waals surface area contributed by atoms with Crippen molar-refractivity contribution >= 4 is 15.9 Å². The lowest BCUT2D eigenvalue weighted by molar-refractivity contribution is -0.125. The van der Waals surface area contributed by atoms with Crippen molar-refractivity contribution < 1.29 is 13.2 Å².